The van der Waals surface area contributed by atoms with Gasteiger partial charge >= 0.3 is 0 Å². The monoisotopic (exact) mass is 295 g/mol. The molecule has 2 N–H and O–H groups in total. The summed E-state index contributed by atoms with van der Waals surface area (Å²) in [6, 6.07) is 3.51. The van der Waals surface area contributed by atoms with Crippen LogP contribution in [-0.4, -0.2) is 17.7 Å². The lowest BCUT2D eigenvalue weighted by atomic mass is 9.84. The van der Waals surface area contributed by atoms with Crippen LogP contribution >= 0.6 is 0 Å². The van der Waals surface area contributed by atoms with E-state index in [2.05, 4.69) is 12.2 Å². The molecular formula is C17H23F2NO. The van der Waals surface area contributed by atoms with Crippen LogP contribution in [0.4, 0.5) is 8.78 Å². The van der Waals surface area contributed by atoms with Crippen molar-refractivity contribution in [2.45, 2.75) is 44.8 Å². The number of nitrogens with one attached hydrogen (secondary N) is 1. The Bertz CT molecular complexity index is 508. The number of aliphatic hydroxyl groups excluding tert-OH is 1. The first-order valence-electron chi connectivity index (χ1n) is 7.91. The maximum Gasteiger partial charge on any atom is 0.129 e. The van der Waals surface area contributed by atoms with Crippen molar-refractivity contribution in [1.82, 2.24) is 5.32 Å². The third kappa shape index (κ3) is 3.11. The van der Waals surface area contributed by atoms with E-state index in [4.69, 9.17) is 0 Å². The highest BCUT2D eigenvalue weighted by Gasteiger charge is 2.41. The molecule has 2 bridgehead atoms. The molecule has 3 rings (SSSR count). The van der Waals surface area contributed by atoms with Gasteiger partial charge < -0.3 is 10.4 Å². The molecule has 0 amide bonds. The Labute approximate surface area is 124 Å². The Morgan fingerprint density at radius 2 is 2.10 bits per heavy atom. The van der Waals surface area contributed by atoms with Gasteiger partial charge in [-0.25, -0.2) is 8.78 Å². The van der Waals surface area contributed by atoms with Gasteiger partial charge in [0.2, 0.25) is 0 Å². The normalized spacial score (nSPS) is 30.6. The van der Waals surface area contributed by atoms with Crippen LogP contribution in [0.15, 0.2) is 18.2 Å². The largest absolute Gasteiger partial charge is 0.387 e. The van der Waals surface area contributed by atoms with Gasteiger partial charge in [-0.05, 0) is 62.1 Å². The number of hydrogen-bond donors (Lipinski definition) is 2. The molecule has 2 saturated carbocycles. The Morgan fingerprint density at radius 3 is 2.76 bits per heavy atom. The fourth-order valence-corrected chi connectivity index (χ4v) is 4.24. The van der Waals surface area contributed by atoms with E-state index >= 15 is 0 Å². The van der Waals surface area contributed by atoms with Crippen LogP contribution in [0, 0.1) is 29.4 Å². The number of halogens is 2. The summed E-state index contributed by atoms with van der Waals surface area (Å²) in [4.78, 5) is 0. The maximum atomic E-state index is 13.6. The van der Waals surface area contributed by atoms with E-state index in [-0.39, 0.29) is 12.1 Å². The van der Waals surface area contributed by atoms with Gasteiger partial charge in [0.15, 0.2) is 0 Å². The molecule has 2 aliphatic carbocycles. The highest BCUT2D eigenvalue weighted by molar-refractivity contribution is 5.21. The zero-order valence-corrected chi connectivity index (χ0v) is 12.4. The molecule has 0 heterocycles. The van der Waals surface area contributed by atoms with Gasteiger partial charge in [-0.1, -0.05) is 6.42 Å². The lowest BCUT2D eigenvalue weighted by molar-refractivity contribution is 0.154. The van der Waals surface area contributed by atoms with Crippen LogP contribution in [0.5, 0.6) is 0 Å². The van der Waals surface area contributed by atoms with Crippen LogP contribution in [0.25, 0.3) is 0 Å². The average Bonchev–Trinajstić information content (AvgIpc) is 3.09. The van der Waals surface area contributed by atoms with Crippen molar-refractivity contribution in [2.75, 3.05) is 6.54 Å². The molecule has 1 aromatic carbocycles. The van der Waals surface area contributed by atoms with Crippen LogP contribution < -0.4 is 5.32 Å². The first-order chi connectivity index (χ1) is 10.0. The van der Waals surface area contributed by atoms with Crippen molar-refractivity contribution in [3.8, 4) is 0 Å². The molecule has 2 fully saturated rings. The molecule has 5 atom stereocenters. The molecule has 4 heteroatoms. The van der Waals surface area contributed by atoms with E-state index in [0.717, 1.165) is 30.0 Å². The standard InChI is InChI=1S/C17H23F2NO/c1-10(14-7-11-2-3-12(14)6-11)20-9-17(21)15-8-13(18)4-5-16(15)19/h4-5,8,10-12,14,17,20-21H,2-3,6-7,9H2,1H3. The zero-order valence-electron chi connectivity index (χ0n) is 12.4. The number of benzene rings is 1. The summed E-state index contributed by atoms with van der Waals surface area (Å²) < 4.78 is 26.8. The van der Waals surface area contributed by atoms with Gasteiger partial charge in [0.05, 0.1) is 6.10 Å². The molecule has 21 heavy (non-hydrogen) atoms. The van der Waals surface area contributed by atoms with Crippen LogP contribution in [-0.2, 0) is 0 Å². The van der Waals surface area contributed by atoms with Gasteiger partial charge in [0.1, 0.15) is 11.6 Å². The van der Waals surface area contributed by atoms with Gasteiger partial charge in [-0.15, -0.1) is 0 Å². The summed E-state index contributed by atoms with van der Waals surface area (Å²) >= 11 is 0. The van der Waals surface area contributed by atoms with E-state index in [1.807, 2.05) is 0 Å². The smallest absolute Gasteiger partial charge is 0.129 e. The molecular weight excluding hydrogens is 272 g/mol. The predicted molar refractivity (Wildman–Crippen MR) is 77.7 cm³/mol. The molecule has 2 aliphatic rings. The van der Waals surface area contributed by atoms with Gasteiger partial charge in [-0.2, -0.15) is 0 Å². The Kier molecular flexibility index (Phi) is 4.27. The second-order valence-corrected chi connectivity index (χ2v) is 6.72. The van der Waals surface area contributed by atoms with E-state index in [9.17, 15) is 13.9 Å². The summed E-state index contributed by atoms with van der Waals surface area (Å²) in [5, 5.41) is 13.4. The lowest BCUT2D eigenvalue weighted by Crippen LogP contribution is -2.38. The highest BCUT2D eigenvalue weighted by atomic mass is 19.1. The number of fused-ring (bicyclic) bond motifs is 2. The fourth-order valence-electron chi connectivity index (χ4n) is 4.24. The third-order valence-electron chi connectivity index (χ3n) is 5.39. The summed E-state index contributed by atoms with van der Waals surface area (Å²) in [7, 11) is 0. The molecule has 0 saturated heterocycles. The Hall–Kier alpha value is -1.00. The summed E-state index contributed by atoms with van der Waals surface area (Å²) in [6.45, 7) is 2.40. The second kappa shape index (κ2) is 6.01. The second-order valence-electron chi connectivity index (χ2n) is 6.72. The van der Waals surface area contributed by atoms with E-state index < -0.39 is 17.7 Å². The van der Waals surface area contributed by atoms with Crippen molar-refractivity contribution in [3.05, 3.63) is 35.4 Å². The number of hydrogen-bond acceptors (Lipinski definition) is 2. The van der Waals surface area contributed by atoms with Crippen LogP contribution in [0.3, 0.4) is 0 Å². The Balaban J connectivity index is 1.56. The molecule has 0 aromatic heterocycles. The maximum absolute atomic E-state index is 13.6. The molecule has 1 aromatic rings. The zero-order chi connectivity index (χ0) is 15.0. The minimum Gasteiger partial charge on any atom is -0.387 e. The highest BCUT2D eigenvalue weighted by Crippen LogP contribution is 2.49. The van der Waals surface area contributed by atoms with Crippen molar-refractivity contribution in [2.24, 2.45) is 17.8 Å². The topological polar surface area (TPSA) is 32.3 Å². The summed E-state index contributed by atoms with van der Waals surface area (Å²) in [6.07, 6.45) is 4.29. The van der Waals surface area contributed by atoms with Crippen LogP contribution in [0.1, 0.15) is 44.3 Å². The van der Waals surface area contributed by atoms with Crippen molar-refractivity contribution in [1.29, 1.82) is 0 Å². The predicted octanol–water partition coefficient (Wildman–Crippen LogP) is 3.41. The average molecular weight is 295 g/mol. The van der Waals surface area contributed by atoms with Gasteiger partial charge in [0.25, 0.3) is 0 Å². The van der Waals surface area contributed by atoms with E-state index in [1.165, 1.54) is 25.7 Å². The lowest BCUT2D eigenvalue weighted by Gasteiger charge is -2.29. The van der Waals surface area contributed by atoms with Crippen molar-refractivity contribution >= 4 is 0 Å². The fraction of sp³-hybridized carbons (Fsp3) is 0.647. The number of aliphatic hydroxyl groups is 1. The molecule has 5 unspecified atom stereocenters. The minimum absolute atomic E-state index is 0.0302. The minimum atomic E-state index is -1.01. The third-order valence-corrected chi connectivity index (χ3v) is 5.39. The van der Waals surface area contributed by atoms with Gasteiger partial charge in [0, 0.05) is 18.2 Å². The summed E-state index contributed by atoms with van der Waals surface area (Å²) in [5.41, 5.74) is 0.0302. The quantitative estimate of drug-likeness (QED) is 0.872. The van der Waals surface area contributed by atoms with E-state index in [0.29, 0.717) is 12.0 Å². The SMILES string of the molecule is CC(NCC(O)c1cc(F)ccc1F)C1CC2CCC1C2. The van der Waals surface area contributed by atoms with Crippen molar-refractivity contribution in [3.63, 3.8) is 0 Å². The van der Waals surface area contributed by atoms with Gasteiger partial charge in [-0.3, -0.25) is 0 Å². The first kappa shape index (κ1) is 14.9. The molecule has 2 nitrogen and oxygen atoms in total. The first-order valence-corrected chi connectivity index (χ1v) is 7.91. The van der Waals surface area contributed by atoms with E-state index in [1.54, 1.807) is 0 Å². The molecule has 116 valence electrons. The number of rotatable bonds is 5. The Morgan fingerprint density at radius 1 is 1.29 bits per heavy atom. The van der Waals surface area contributed by atoms with Crippen molar-refractivity contribution < 1.29 is 13.9 Å². The summed E-state index contributed by atoms with van der Waals surface area (Å²) in [5.74, 6) is 1.27. The molecule has 0 spiro atoms. The van der Waals surface area contributed by atoms with Crippen LogP contribution in [0.2, 0.25) is 0 Å². The molecule has 0 aliphatic heterocycles. The molecule has 0 radical (unpaired) electrons.